The van der Waals surface area contributed by atoms with Gasteiger partial charge >= 0.3 is 24.0 Å². The smallest absolute Gasteiger partial charge is 0.296 e. The van der Waals surface area contributed by atoms with Crippen molar-refractivity contribution in [2.45, 2.75) is 32.5 Å². The molecule has 6 rings (SSSR count). The fraction of sp³-hybridized carbons (Fsp3) is 0.577. The molecule has 0 spiro atoms. The molecule has 6 heterocycles. The van der Waals surface area contributed by atoms with E-state index in [1.165, 1.54) is 30.8 Å². The van der Waals surface area contributed by atoms with Gasteiger partial charge in [0.2, 0.25) is 23.8 Å². The number of aliphatic imine (C=N–C) groups is 2. The van der Waals surface area contributed by atoms with Crippen LogP contribution in [0, 0.1) is 6.92 Å². The summed E-state index contributed by atoms with van der Waals surface area (Å²) in [6.07, 6.45) is 1.91. The molecule has 16 heteroatoms. The molecule has 0 saturated carbocycles. The van der Waals surface area contributed by atoms with Crippen molar-refractivity contribution in [1.82, 2.24) is 34.0 Å². The highest BCUT2D eigenvalue weighted by atomic mass is 16.2. The molecule has 0 N–H and O–H groups in total. The van der Waals surface area contributed by atoms with E-state index in [1.807, 2.05) is 17.7 Å². The normalized spacial score (nSPS) is 24.5. The Balaban J connectivity index is 1.18. The second-order valence-corrected chi connectivity index (χ2v) is 11.3. The summed E-state index contributed by atoms with van der Waals surface area (Å²) in [5.41, 5.74) is 0.967. The van der Waals surface area contributed by atoms with Crippen molar-refractivity contribution >= 4 is 53.2 Å². The van der Waals surface area contributed by atoms with Crippen LogP contribution in [0.25, 0.3) is 0 Å². The van der Waals surface area contributed by atoms with Gasteiger partial charge < -0.3 is 0 Å². The predicted molar refractivity (Wildman–Crippen MR) is 147 cm³/mol. The molecule has 3 fully saturated rings. The molecular formula is C26H35N11O5+2. The summed E-state index contributed by atoms with van der Waals surface area (Å²) in [7, 11) is 6.14. The molecule has 1 aromatic heterocycles. The van der Waals surface area contributed by atoms with Crippen LogP contribution in [0.5, 0.6) is 0 Å². The summed E-state index contributed by atoms with van der Waals surface area (Å²) in [6.45, 7) is 7.56. The first-order chi connectivity index (χ1) is 19.9. The van der Waals surface area contributed by atoms with Crippen LogP contribution in [-0.2, 0) is 20.9 Å². The lowest BCUT2D eigenvalue weighted by Crippen LogP contribution is -2.63. The number of urea groups is 2. The van der Waals surface area contributed by atoms with Crippen LogP contribution in [0.1, 0.15) is 18.7 Å². The number of likely N-dealkylation sites (N-methyl/N-ethyl adjacent to an activating group) is 4. The Labute approximate surface area is 242 Å². The first-order valence-electron chi connectivity index (χ1n) is 13.9. The molecule has 1 aromatic rings. The monoisotopic (exact) mass is 581 g/mol. The van der Waals surface area contributed by atoms with E-state index >= 15 is 0 Å². The molecular weight excluding hydrogens is 546 g/mol. The topological polar surface area (TPSA) is 141 Å². The van der Waals surface area contributed by atoms with Crippen LogP contribution in [0.15, 0.2) is 16.2 Å². The standard InChI is InChI=1S/C26H35N11O5/c1-15-13-36-17-20(30(4)26(42)31(5)21(17)39)28-24(36)35(15)12-9-33-7-10-34(11-8-33)23-27-19-18(37(23)14-16(2)38)22(40)32(6)25(41)29(19)3/h13,17-18H,7-12,14H2,1-6H3/q+2. The molecule has 0 bridgehead atoms. The number of carbonyl (C=O) groups is 5. The zero-order valence-corrected chi connectivity index (χ0v) is 24.6. The molecule has 3 saturated heterocycles. The fourth-order valence-corrected chi connectivity index (χ4v) is 6.24. The first kappa shape index (κ1) is 27.7. The number of hydrogen-bond donors (Lipinski definition) is 0. The van der Waals surface area contributed by atoms with Gasteiger partial charge in [-0.15, -0.1) is 0 Å². The number of guanidine groups is 1. The number of aromatic nitrogens is 2. The Kier molecular flexibility index (Phi) is 6.47. The Hall–Kier alpha value is -4.47. The minimum Gasteiger partial charge on any atom is -0.296 e. The van der Waals surface area contributed by atoms with Crippen LogP contribution in [0.3, 0.4) is 0 Å². The maximum atomic E-state index is 13.0. The molecule has 16 nitrogen and oxygen atoms in total. The minimum absolute atomic E-state index is 0.0209. The number of carbonyl (C=O) groups excluding carboxylic acids is 5. The lowest BCUT2D eigenvalue weighted by molar-refractivity contribution is -0.677. The fourth-order valence-electron chi connectivity index (χ4n) is 6.24. The average Bonchev–Trinajstić information content (AvgIpc) is 3.61. The van der Waals surface area contributed by atoms with E-state index in [9.17, 15) is 24.0 Å². The van der Waals surface area contributed by atoms with Crippen molar-refractivity contribution < 1.29 is 33.1 Å². The lowest BCUT2D eigenvalue weighted by atomic mass is 10.1. The number of ketones is 1. The number of imide groups is 2. The van der Waals surface area contributed by atoms with Gasteiger partial charge in [0.25, 0.3) is 11.8 Å². The molecule has 0 aliphatic carbocycles. The van der Waals surface area contributed by atoms with Crippen LogP contribution in [0.2, 0.25) is 0 Å². The number of rotatable bonds is 5. The van der Waals surface area contributed by atoms with Gasteiger partial charge in [0.05, 0.1) is 19.6 Å². The average molecular weight is 582 g/mol. The van der Waals surface area contributed by atoms with Gasteiger partial charge in [-0.2, -0.15) is 0 Å². The highest BCUT2D eigenvalue weighted by molar-refractivity contribution is 6.25. The van der Waals surface area contributed by atoms with Crippen LogP contribution >= 0.6 is 0 Å². The van der Waals surface area contributed by atoms with Crippen molar-refractivity contribution in [3.05, 3.63) is 11.9 Å². The maximum absolute atomic E-state index is 13.0. The van der Waals surface area contributed by atoms with Gasteiger partial charge in [0, 0.05) is 47.8 Å². The van der Waals surface area contributed by atoms with Crippen molar-refractivity contribution in [2.24, 2.45) is 9.98 Å². The Morgan fingerprint density at radius 2 is 1.50 bits per heavy atom. The second-order valence-electron chi connectivity index (χ2n) is 11.3. The van der Waals surface area contributed by atoms with Gasteiger partial charge in [0.1, 0.15) is 18.4 Å². The largest absolute Gasteiger partial charge is 0.401 e. The summed E-state index contributed by atoms with van der Waals surface area (Å²) in [5.74, 6) is 1.16. The van der Waals surface area contributed by atoms with Crippen LogP contribution in [-0.4, -0.2) is 159 Å². The number of imidazole rings is 1. The summed E-state index contributed by atoms with van der Waals surface area (Å²) >= 11 is 0. The second kappa shape index (κ2) is 9.82. The predicted octanol–water partition coefficient (Wildman–Crippen LogP) is -1.93. The van der Waals surface area contributed by atoms with E-state index < -0.39 is 30.1 Å². The number of piperazine rings is 1. The van der Waals surface area contributed by atoms with Crippen LogP contribution < -0.4 is 4.57 Å². The lowest BCUT2D eigenvalue weighted by Gasteiger charge is -2.33. The number of amides is 6. The quantitative estimate of drug-likeness (QED) is 0.369. The summed E-state index contributed by atoms with van der Waals surface area (Å²) in [4.78, 5) is 81.4. The molecule has 6 amide bonds. The zero-order valence-electron chi connectivity index (χ0n) is 24.6. The highest BCUT2D eigenvalue weighted by Gasteiger charge is 2.56. The SMILES string of the molecule is CC(=O)CN1C(=[N+]2CCN(CCn3c(C)c[n+]4c3N=C3C4C(=O)N(C)C(=O)N3C)CC2)N=C2C1C(=O)N(C)C(=O)N2C. The zero-order chi connectivity index (χ0) is 30.2. The number of aryl methyl sites for hydroxylation is 1. The highest BCUT2D eigenvalue weighted by Crippen LogP contribution is 2.29. The maximum Gasteiger partial charge on any atom is 0.401 e. The summed E-state index contributed by atoms with van der Waals surface area (Å²) in [6, 6.07) is -2.31. The molecule has 0 radical (unpaired) electrons. The molecule has 2 atom stereocenters. The Bertz CT molecular complexity index is 1530. The van der Waals surface area contributed by atoms with Crippen molar-refractivity contribution in [3.63, 3.8) is 0 Å². The van der Waals surface area contributed by atoms with E-state index in [0.717, 1.165) is 35.1 Å². The number of Topliss-reactive ketones (excluding diaryl/α,β-unsaturated/α-hetero) is 1. The third-order valence-electron chi connectivity index (χ3n) is 8.64. The van der Waals surface area contributed by atoms with Gasteiger partial charge in [0.15, 0.2) is 5.78 Å². The first-order valence-corrected chi connectivity index (χ1v) is 13.9. The van der Waals surface area contributed by atoms with E-state index in [4.69, 9.17) is 9.98 Å². The van der Waals surface area contributed by atoms with E-state index in [-0.39, 0.29) is 18.2 Å². The van der Waals surface area contributed by atoms with Gasteiger partial charge in [-0.05, 0) is 13.8 Å². The Morgan fingerprint density at radius 1 is 0.881 bits per heavy atom. The van der Waals surface area contributed by atoms with Gasteiger partial charge in [-0.1, -0.05) is 9.98 Å². The third-order valence-corrected chi connectivity index (χ3v) is 8.64. The van der Waals surface area contributed by atoms with Crippen LogP contribution in [0.4, 0.5) is 15.5 Å². The summed E-state index contributed by atoms with van der Waals surface area (Å²) < 4.78 is 5.97. The number of hydrogen-bond acceptors (Lipinski definition) is 7. The molecule has 0 aromatic carbocycles. The number of nitrogens with zero attached hydrogens (tertiary/aromatic N) is 11. The van der Waals surface area contributed by atoms with Gasteiger partial charge in [-0.25, -0.2) is 23.6 Å². The van der Waals surface area contributed by atoms with Gasteiger partial charge in [-0.3, -0.25) is 43.5 Å². The van der Waals surface area contributed by atoms with E-state index in [1.54, 1.807) is 19.0 Å². The summed E-state index contributed by atoms with van der Waals surface area (Å²) in [5, 5.41) is 0. The molecule has 2 unspecified atom stereocenters. The van der Waals surface area contributed by atoms with Crippen molar-refractivity contribution in [3.8, 4) is 0 Å². The number of fused-ring (bicyclic) bond motifs is 4. The minimum atomic E-state index is -0.808. The molecule has 42 heavy (non-hydrogen) atoms. The van der Waals surface area contributed by atoms with E-state index in [0.29, 0.717) is 43.2 Å². The Morgan fingerprint density at radius 3 is 2.14 bits per heavy atom. The van der Waals surface area contributed by atoms with Crippen molar-refractivity contribution in [2.75, 3.05) is 67.5 Å². The number of amidine groups is 2. The van der Waals surface area contributed by atoms with E-state index in [2.05, 4.69) is 14.0 Å². The molecule has 222 valence electrons. The third kappa shape index (κ3) is 4.03. The van der Waals surface area contributed by atoms with Crippen molar-refractivity contribution in [1.29, 1.82) is 0 Å². The molecule has 5 aliphatic rings. The molecule has 5 aliphatic heterocycles.